The second-order valence-electron chi connectivity index (χ2n) is 22.3. The first-order valence-corrected chi connectivity index (χ1v) is 25.8. The van der Waals surface area contributed by atoms with E-state index in [1.165, 1.54) is 94.6 Å². The zero-order valence-electron chi connectivity index (χ0n) is 42.3. The maximum Gasteiger partial charge on any atom is 0.0725 e. The molecule has 1 spiro atoms. The fourth-order valence-electron chi connectivity index (χ4n) is 12.2. The van der Waals surface area contributed by atoms with E-state index in [2.05, 4.69) is 289 Å². The monoisotopic (exact) mass is 927 g/mol. The van der Waals surface area contributed by atoms with Gasteiger partial charge in [0, 0.05) is 17.1 Å². The first-order valence-electron chi connectivity index (χ1n) is 25.8. The largest absolute Gasteiger partial charge is 0.310 e. The molecule has 0 amide bonds. The highest BCUT2D eigenvalue weighted by Crippen LogP contribution is 2.64. The number of nitrogens with zero attached hydrogens (tertiary/aromatic N) is 1. The molecule has 2 aliphatic carbocycles. The Hall–Kier alpha value is -8.00. The molecule has 1 nitrogen and oxygen atoms in total. The molecule has 0 fully saturated rings. The molecule has 10 aromatic carbocycles. The number of benzene rings is 10. The average Bonchev–Trinajstić information content (AvgIpc) is 3.87. The molecule has 0 aliphatic heterocycles. The lowest BCUT2D eigenvalue weighted by atomic mass is 9.67. The van der Waals surface area contributed by atoms with Crippen molar-refractivity contribution in [3.8, 4) is 66.8 Å². The Balaban J connectivity index is 1.01. The van der Waals surface area contributed by atoms with Gasteiger partial charge in [-0.3, -0.25) is 0 Å². The molecule has 0 N–H and O–H groups in total. The van der Waals surface area contributed by atoms with E-state index in [0.29, 0.717) is 5.92 Å². The van der Waals surface area contributed by atoms with E-state index in [9.17, 15) is 0 Å². The topological polar surface area (TPSA) is 3.24 Å². The van der Waals surface area contributed by atoms with Crippen LogP contribution in [-0.4, -0.2) is 0 Å². The molecule has 0 bridgehead atoms. The van der Waals surface area contributed by atoms with Gasteiger partial charge in [-0.15, -0.1) is 0 Å². The van der Waals surface area contributed by atoms with Crippen LogP contribution in [0.25, 0.3) is 66.8 Å². The Labute approximate surface area is 427 Å². The number of fused-ring (bicyclic) bond motifs is 10. The fraction of sp³-hybridized carbons (Fsp3) is 0.155. The minimum Gasteiger partial charge on any atom is -0.310 e. The van der Waals surface area contributed by atoms with E-state index < -0.39 is 5.41 Å². The molecule has 0 radical (unpaired) electrons. The third kappa shape index (κ3) is 7.80. The van der Waals surface area contributed by atoms with Gasteiger partial charge in [-0.2, -0.15) is 0 Å². The van der Waals surface area contributed by atoms with Crippen LogP contribution in [0.4, 0.5) is 17.1 Å². The zero-order chi connectivity index (χ0) is 49.2. The van der Waals surface area contributed by atoms with E-state index in [-0.39, 0.29) is 10.8 Å². The lowest BCUT2D eigenvalue weighted by molar-refractivity contribution is 0.229. The first-order chi connectivity index (χ1) is 35.0. The fourth-order valence-corrected chi connectivity index (χ4v) is 12.2. The number of anilines is 3. The standard InChI is InChI=1S/C71H61N/c1-69(2,3)47-68(70(4,5)6)59-27-14-13-26-58(59)54-37-43-63-61-29-16-18-31-65(61)71(67(63)46-54)64-30-17-15-28-60(64)62-42-36-53(45-66(62)71)52-24-19-25-57(44-52)72(55-38-32-50(33-39-55)48-20-9-7-10-21-48)56-40-34-51(35-41-56)49-22-11-8-12-23-49/h7-46,68H,47H2,1-6H3. The Morgan fingerprint density at radius 3 is 1.25 bits per heavy atom. The lowest BCUT2D eigenvalue weighted by Crippen LogP contribution is -2.26. The Bertz CT molecular complexity index is 3510. The van der Waals surface area contributed by atoms with Crippen molar-refractivity contribution in [1.29, 1.82) is 0 Å². The van der Waals surface area contributed by atoms with E-state index in [4.69, 9.17) is 0 Å². The molecule has 0 saturated carbocycles. The minimum atomic E-state index is -0.502. The van der Waals surface area contributed by atoms with Crippen molar-refractivity contribution < 1.29 is 0 Å². The van der Waals surface area contributed by atoms with E-state index in [0.717, 1.165) is 23.5 Å². The minimum absolute atomic E-state index is 0.0889. The van der Waals surface area contributed by atoms with Gasteiger partial charge in [0.25, 0.3) is 0 Å². The van der Waals surface area contributed by atoms with Crippen molar-refractivity contribution in [2.24, 2.45) is 10.8 Å². The van der Waals surface area contributed by atoms with Gasteiger partial charge in [0.15, 0.2) is 0 Å². The molecule has 0 aromatic heterocycles. The summed E-state index contributed by atoms with van der Waals surface area (Å²) in [6.07, 6.45) is 1.11. The molecule has 350 valence electrons. The predicted octanol–water partition coefficient (Wildman–Crippen LogP) is 19.7. The van der Waals surface area contributed by atoms with Crippen molar-refractivity contribution in [3.63, 3.8) is 0 Å². The van der Waals surface area contributed by atoms with Crippen LogP contribution in [0, 0.1) is 10.8 Å². The summed E-state index contributed by atoms with van der Waals surface area (Å²) in [5, 5.41) is 0. The molecule has 2 aliphatic rings. The Kier molecular flexibility index (Phi) is 11.1. The van der Waals surface area contributed by atoms with E-state index in [1.807, 2.05) is 0 Å². The summed E-state index contributed by atoms with van der Waals surface area (Å²) in [5.41, 5.74) is 25.0. The van der Waals surface area contributed by atoms with Gasteiger partial charge in [-0.05, 0) is 166 Å². The van der Waals surface area contributed by atoms with Crippen LogP contribution < -0.4 is 4.90 Å². The normalized spacial score (nSPS) is 14.9. The number of rotatable bonds is 9. The molecular formula is C71H61N. The van der Waals surface area contributed by atoms with Gasteiger partial charge in [-0.25, -0.2) is 0 Å². The van der Waals surface area contributed by atoms with Crippen molar-refractivity contribution in [2.45, 2.75) is 59.3 Å². The third-order valence-electron chi connectivity index (χ3n) is 15.5. The number of hydrogen-bond acceptors (Lipinski definition) is 1. The molecule has 0 saturated heterocycles. The van der Waals surface area contributed by atoms with Gasteiger partial charge in [0.2, 0.25) is 0 Å². The Morgan fingerprint density at radius 1 is 0.319 bits per heavy atom. The van der Waals surface area contributed by atoms with Crippen LogP contribution in [-0.2, 0) is 5.41 Å². The molecule has 1 heteroatoms. The van der Waals surface area contributed by atoms with Crippen LogP contribution in [0.3, 0.4) is 0 Å². The predicted molar refractivity (Wildman–Crippen MR) is 305 cm³/mol. The van der Waals surface area contributed by atoms with Gasteiger partial charge in [-0.1, -0.05) is 236 Å². The van der Waals surface area contributed by atoms with E-state index >= 15 is 0 Å². The number of hydrogen-bond donors (Lipinski definition) is 0. The second kappa shape index (κ2) is 17.7. The highest BCUT2D eigenvalue weighted by molar-refractivity contribution is 5.97. The van der Waals surface area contributed by atoms with Crippen LogP contribution in [0.5, 0.6) is 0 Å². The smallest absolute Gasteiger partial charge is 0.0725 e. The maximum absolute atomic E-state index is 2.56. The lowest BCUT2D eigenvalue weighted by Gasteiger charge is -2.37. The summed E-state index contributed by atoms with van der Waals surface area (Å²) >= 11 is 0. The first kappa shape index (κ1) is 45.2. The molecule has 2 unspecified atom stereocenters. The van der Waals surface area contributed by atoms with Gasteiger partial charge < -0.3 is 4.90 Å². The third-order valence-corrected chi connectivity index (χ3v) is 15.5. The summed E-state index contributed by atoms with van der Waals surface area (Å²) in [6.45, 7) is 14.4. The summed E-state index contributed by atoms with van der Waals surface area (Å²) < 4.78 is 0. The molecular weight excluding hydrogens is 867 g/mol. The summed E-state index contributed by atoms with van der Waals surface area (Å²) in [4.78, 5) is 2.40. The molecule has 2 atom stereocenters. The van der Waals surface area contributed by atoms with Crippen molar-refractivity contribution >= 4 is 17.1 Å². The molecule has 12 rings (SSSR count). The molecule has 10 aromatic rings. The highest BCUT2D eigenvalue weighted by Gasteiger charge is 2.52. The van der Waals surface area contributed by atoms with Crippen molar-refractivity contribution in [3.05, 3.63) is 270 Å². The zero-order valence-corrected chi connectivity index (χ0v) is 42.3. The van der Waals surface area contributed by atoms with Gasteiger partial charge in [0.1, 0.15) is 0 Å². The SMILES string of the molecule is CC(C)(C)CC(c1ccccc1-c1ccc2c(c1)C1(c3ccccc3-c3ccc(-c4cccc(N(c5ccc(-c6ccccc6)cc5)c5ccc(-c6ccccc6)cc5)c4)cc31)c1ccccc1-2)C(C)(C)C. The average molecular weight is 928 g/mol. The highest BCUT2D eigenvalue weighted by atomic mass is 15.1. The van der Waals surface area contributed by atoms with E-state index in [1.54, 1.807) is 0 Å². The summed E-state index contributed by atoms with van der Waals surface area (Å²) in [6, 6.07) is 90.7. The molecule has 0 heterocycles. The quantitative estimate of drug-likeness (QED) is 0.139. The second-order valence-corrected chi connectivity index (χ2v) is 22.3. The van der Waals surface area contributed by atoms with Crippen LogP contribution >= 0.6 is 0 Å². The van der Waals surface area contributed by atoms with Crippen molar-refractivity contribution in [2.75, 3.05) is 4.90 Å². The summed E-state index contributed by atoms with van der Waals surface area (Å²) in [7, 11) is 0. The van der Waals surface area contributed by atoms with Crippen LogP contribution in [0.2, 0.25) is 0 Å². The summed E-state index contributed by atoms with van der Waals surface area (Å²) in [5.74, 6) is 0.387. The van der Waals surface area contributed by atoms with Gasteiger partial charge >= 0.3 is 0 Å². The Morgan fingerprint density at radius 2 is 0.722 bits per heavy atom. The van der Waals surface area contributed by atoms with Crippen LogP contribution in [0.15, 0.2) is 243 Å². The van der Waals surface area contributed by atoms with Gasteiger partial charge in [0.05, 0.1) is 5.41 Å². The maximum atomic E-state index is 2.56. The van der Waals surface area contributed by atoms with Crippen molar-refractivity contribution in [1.82, 2.24) is 0 Å². The molecule has 72 heavy (non-hydrogen) atoms. The van der Waals surface area contributed by atoms with Crippen LogP contribution in [0.1, 0.15) is 81.7 Å².